The Balaban J connectivity index is 2.35. The van der Waals surface area contributed by atoms with Gasteiger partial charge in [-0.1, -0.05) is 17.7 Å². The molecule has 0 amide bonds. The highest BCUT2D eigenvalue weighted by Gasteiger charge is 2.24. The molecule has 0 fully saturated rings. The summed E-state index contributed by atoms with van der Waals surface area (Å²) in [6.07, 6.45) is 1.52. The van der Waals surface area contributed by atoms with Crippen LogP contribution >= 0.6 is 11.6 Å². The second kappa shape index (κ2) is 6.19. The molecule has 0 aliphatic heterocycles. The first kappa shape index (κ1) is 16.0. The predicted molar refractivity (Wildman–Crippen MR) is 79.5 cm³/mol. The molecule has 0 aliphatic rings. The quantitative estimate of drug-likeness (QED) is 0.915. The molecule has 0 aliphatic carbocycles. The number of aryl methyl sites for hydroxylation is 1. The number of aliphatic hydroxyl groups is 1. The summed E-state index contributed by atoms with van der Waals surface area (Å²) in [4.78, 5) is -0.0145. The zero-order valence-corrected chi connectivity index (χ0v) is 13.3. The van der Waals surface area contributed by atoms with Crippen LogP contribution < -0.4 is 0 Å². The molecule has 1 N–H and O–H groups in total. The van der Waals surface area contributed by atoms with Gasteiger partial charge in [-0.25, -0.2) is 8.42 Å². The highest BCUT2D eigenvalue weighted by Crippen LogP contribution is 2.26. The van der Waals surface area contributed by atoms with Crippen LogP contribution in [0.25, 0.3) is 0 Å². The van der Waals surface area contributed by atoms with E-state index in [1.807, 2.05) is 0 Å². The first-order valence-corrected chi connectivity index (χ1v) is 8.06. The number of rotatable bonds is 5. The molecule has 0 saturated carbocycles. The van der Waals surface area contributed by atoms with Crippen LogP contribution in [-0.4, -0.2) is 24.9 Å². The molecule has 114 valence electrons. The lowest BCUT2D eigenvalue weighted by Gasteiger charge is -2.18. The number of halogens is 1. The number of sulfonamides is 1. The van der Waals surface area contributed by atoms with Crippen LogP contribution in [0.15, 0.2) is 39.8 Å². The molecule has 1 aromatic heterocycles. The molecule has 0 atom stereocenters. The van der Waals surface area contributed by atoms with Crippen molar-refractivity contribution in [1.29, 1.82) is 0 Å². The van der Waals surface area contributed by atoms with E-state index in [-0.39, 0.29) is 23.1 Å². The predicted octanol–water partition coefficient (Wildman–Crippen LogP) is 2.55. The summed E-state index contributed by atoms with van der Waals surface area (Å²) in [5, 5.41) is 9.26. The van der Waals surface area contributed by atoms with E-state index >= 15 is 0 Å². The maximum Gasteiger partial charge on any atom is 0.244 e. The summed E-state index contributed by atoms with van der Waals surface area (Å²) < 4.78 is 31.5. The number of hydrogen-bond acceptors (Lipinski definition) is 4. The van der Waals surface area contributed by atoms with Crippen molar-refractivity contribution in [3.05, 3.63) is 52.4 Å². The van der Waals surface area contributed by atoms with Crippen LogP contribution in [0.1, 0.15) is 16.9 Å². The van der Waals surface area contributed by atoms with Gasteiger partial charge in [-0.05, 0) is 30.7 Å². The summed E-state index contributed by atoms with van der Waals surface area (Å²) in [5.41, 5.74) is 1.28. The maximum atomic E-state index is 12.6. The molecule has 0 spiro atoms. The number of hydrogen-bond donors (Lipinski definition) is 1. The maximum absolute atomic E-state index is 12.6. The number of benzene rings is 1. The Kier molecular flexibility index (Phi) is 4.73. The summed E-state index contributed by atoms with van der Waals surface area (Å²) in [6.45, 7) is 1.71. The van der Waals surface area contributed by atoms with Crippen molar-refractivity contribution in [2.45, 2.75) is 25.0 Å². The smallest absolute Gasteiger partial charge is 0.244 e. The fraction of sp³-hybridized carbons (Fsp3) is 0.286. The van der Waals surface area contributed by atoms with Gasteiger partial charge in [0.25, 0.3) is 0 Å². The Labute approximate surface area is 128 Å². The van der Waals surface area contributed by atoms with Gasteiger partial charge in [0, 0.05) is 19.2 Å². The van der Waals surface area contributed by atoms with Gasteiger partial charge < -0.3 is 9.52 Å². The molecule has 5 nitrogen and oxygen atoms in total. The van der Waals surface area contributed by atoms with Crippen molar-refractivity contribution in [2.75, 3.05) is 7.05 Å². The van der Waals surface area contributed by atoms with Crippen LogP contribution in [0, 0.1) is 6.92 Å². The normalized spacial score (nSPS) is 12.0. The van der Waals surface area contributed by atoms with Gasteiger partial charge in [0.2, 0.25) is 10.0 Å². The minimum atomic E-state index is -3.75. The topological polar surface area (TPSA) is 70.8 Å². The van der Waals surface area contributed by atoms with Gasteiger partial charge in [0.1, 0.15) is 10.7 Å². The van der Waals surface area contributed by atoms with Crippen LogP contribution in [0.3, 0.4) is 0 Å². The van der Waals surface area contributed by atoms with Gasteiger partial charge in [-0.15, -0.1) is 0 Å². The fourth-order valence-electron chi connectivity index (χ4n) is 1.91. The average molecular weight is 330 g/mol. The third kappa shape index (κ3) is 3.29. The van der Waals surface area contributed by atoms with Gasteiger partial charge in [0.15, 0.2) is 0 Å². The number of furan rings is 1. The molecule has 2 rings (SSSR count). The first-order valence-electron chi connectivity index (χ1n) is 6.25. The van der Waals surface area contributed by atoms with Crippen molar-refractivity contribution >= 4 is 21.6 Å². The summed E-state index contributed by atoms with van der Waals surface area (Å²) in [5.74, 6) is 0.673. The van der Waals surface area contributed by atoms with Crippen molar-refractivity contribution in [3.8, 4) is 0 Å². The van der Waals surface area contributed by atoms with E-state index in [1.165, 1.54) is 29.7 Å². The fourth-order valence-corrected chi connectivity index (χ4v) is 3.58. The molecule has 21 heavy (non-hydrogen) atoms. The summed E-state index contributed by atoms with van der Waals surface area (Å²) >= 11 is 5.99. The Hall–Kier alpha value is -1.34. The van der Waals surface area contributed by atoms with E-state index in [9.17, 15) is 8.42 Å². The van der Waals surface area contributed by atoms with Crippen LogP contribution in [0.2, 0.25) is 5.02 Å². The number of aliphatic hydroxyl groups excluding tert-OH is 1. The molecular weight excluding hydrogens is 314 g/mol. The van der Waals surface area contributed by atoms with E-state index in [2.05, 4.69) is 0 Å². The highest BCUT2D eigenvalue weighted by molar-refractivity contribution is 7.89. The summed E-state index contributed by atoms with van der Waals surface area (Å²) in [7, 11) is -2.27. The zero-order valence-electron chi connectivity index (χ0n) is 11.7. The van der Waals surface area contributed by atoms with Gasteiger partial charge in [-0.2, -0.15) is 4.31 Å². The minimum absolute atomic E-state index is 0.0145. The molecule has 0 saturated heterocycles. The van der Waals surface area contributed by atoms with Crippen LogP contribution in [0.5, 0.6) is 0 Å². The van der Waals surface area contributed by atoms with Gasteiger partial charge in [-0.3, -0.25) is 0 Å². The van der Waals surface area contributed by atoms with Gasteiger partial charge >= 0.3 is 0 Å². The molecule has 0 radical (unpaired) electrons. The number of nitrogens with zero attached hydrogens (tertiary/aromatic N) is 1. The molecule has 2 aromatic rings. The Bertz CT molecular complexity index is 739. The Morgan fingerprint density at radius 3 is 2.62 bits per heavy atom. The second-order valence-electron chi connectivity index (χ2n) is 4.69. The third-order valence-electron chi connectivity index (χ3n) is 3.23. The SMILES string of the molecule is Cc1occc1CN(C)S(=O)(=O)c1cc(CO)ccc1Cl. The van der Waals surface area contributed by atoms with Crippen molar-refractivity contribution in [3.63, 3.8) is 0 Å². The van der Waals surface area contributed by atoms with E-state index in [1.54, 1.807) is 19.1 Å². The molecule has 0 bridgehead atoms. The summed E-state index contributed by atoms with van der Waals surface area (Å²) in [6, 6.07) is 6.17. The largest absolute Gasteiger partial charge is 0.469 e. The first-order chi connectivity index (χ1) is 9.86. The van der Waals surface area contributed by atoms with Crippen molar-refractivity contribution in [1.82, 2.24) is 4.31 Å². The molecule has 7 heteroatoms. The molecule has 1 aromatic carbocycles. The van der Waals surface area contributed by atoms with E-state index < -0.39 is 10.0 Å². The monoisotopic (exact) mass is 329 g/mol. The second-order valence-corrected chi connectivity index (χ2v) is 7.11. The van der Waals surface area contributed by atoms with E-state index in [0.717, 1.165) is 5.56 Å². The molecule has 0 unspecified atom stereocenters. The Morgan fingerprint density at radius 2 is 2.05 bits per heavy atom. The van der Waals surface area contributed by atoms with Crippen LogP contribution in [0.4, 0.5) is 0 Å². The van der Waals surface area contributed by atoms with Crippen molar-refractivity contribution in [2.24, 2.45) is 0 Å². The van der Waals surface area contributed by atoms with E-state index in [4.69, 9.17) is 21.1 Å². The average Bonchev–Trinajstić information content (AvgIpc) is 2.84. The standard InChI is InChI=1S/C14H16ClNO4S/c1-10-12(5-6-20-10)8-16(2)21(18,19)14-7-11(9-17)3-4-13(14)15/h3-7,17H,8-9H2,1-2H3. The Morgan fingerprint density at radius 1 is 1.33 bits per heavy atom. The lowest BCUT2D eigenvalue weighted by molar-refractivity contribution is 0.281. The lowest BCUT2D eigenvalue weighted by atomic mass is 10.2. The van der Waals surface area contributed by atoms with E-state index in [0.29, 0.717) is 11.3 Å². The zero-order chi connectivity index (χ0) is 15.6. The van der Waals surface area contributed by atoms with Crippen molar-refractivity contribution < 1.29 is 17.9 Å². The lowest BCUT2D eigenvalue weighted by Crippen LogP contribution is -2.27. The molecule has 1 heterocycles. The highest BCUT2D eigenvalue weighted by atomic mass is 35.5. The van der Waals surface area contributed by atoms with Gasteiger partial charge in [0.05, 0.1) is 17.9 Å². The van der Waals surface area contributed by atoms with Crippen LogP contribution in [-0.2, 0) is 23.2 Å². The molecular formula is C14H16ClNO4S. The third-order valence-corrected chi connectivity index (χ3v) is 5.51. The minimum Gasteiger partial charge on any atom is -0.469 e.